The van der Waals surface area contributed by atoms with E-state index in [2.05, 4.69) is 31.5 Å². The zero-order valence-corrected chi connectivity index (χ0v) is 11.9. The summed E-state index contributed by atoms with van der Waals surface area (Å²) in [6.45, 7) is 7.24. The number of nitrogens with one attached hydrogen (secondary N) is 1. The van der Waals surface area contributed by atoms with Crippen molar-refractivity contribution >= 4 is 11.3 Å². The minimum atomic E-state index is 0.0671. The van der Waals surface area contributed by atoms with E-state index in [-0.39, 0.29) is 5.54 Å². The molecule has 1 aliphatic carbocycles. The van der Waals surface area contributed by atoms with E-state index in [1.165, 1.54) is 10.7 Å². The van der Waals surface area contributed by atoms with Gasteiger partial charge in [-0.05, 0) is 32.7 Å². The highest BCUT2D eigenvalue weighted by Crippen LogP contribution is 2.44. The van der Waals surface area contributed by atoms with Gasteiger partial charge in [0.15, 0.2) is 0 Å². The number of nitrogens with zero attached hydrogens (tertiary/aromatic N) is 1. The van der Waals surface area contributed by atoms with Gasteiger partial charge in [-0.25, -0.2) is 4.98 Å². The van der Waals surface area contributed by atoms with E-state index < -0.39 is 0 Å². The lowest BCUT2D eigenvalue weighted by Crippen LogP contribution is -2.54. The molecule has 0 aromatic carbocycles. The van der Waals surface area contributed by atoms with Gasteiger partial charge >= 0.3 is 0 Å². The van der Waals surface area contributed by atoms with Crippen LogP contribution in [0, 0.1) is 0 Å². The maximum absolute atomic E-state index is 5.65. The Hall–Kier alpha value is -0.450. The van der Waals surface area contributed by atoms with E-state index in [9.17, 15) is 0 Å². The molecule has 1 fully saturated rings. The largest absolute Gasteiger partial charge is 0.378 e. The summed E-state index contributed by atoms with van der Waals surface area (Å²) < 4.78 is 5.65. The van der Waals surface area contributed by atoms with Crippen LogP contribution in [0.2, 0.25) is 0 Å². The molecular formula is C13H22N2OS. The summed E-state index contributed by atoms with van der Waals surface area (Å²) in [6.07, 6.45) is 2.49. The van der Waals surface area contributed by atoms with E-state index >= 15 is 0 Å². The summed E-state index contributed by atoms with van der Waals surface area (Å²) >= 11 is 1.78. The fourth-order valence-corrected chi connectivity index (χ4v) is 3.54. The molecule has 0 amide bonds. The highest BCUT2D eigenvalue weighted by atomic mass is 32.1. The maximum atomic E-state index is 5.65. The van der Waals surface area contributed by atoms with E-state index in [0.29, 0.717) is 12.0 Å². The molecule has 0 radical (unpaired) electrons. The summed E-state index contributed by atoms with van der Waals surface area (Å²) in [7, 11) is 2.03. The Kier molecular flexibility index (Phi) is 3.85. The topological polar surface area (TPSA) is 34.1 Å². The maximum Gasteiger partial charge on any atom is 0.113 e. The second-order valence-electron chi connectivity index (χ2n) is 5.05. The highest BCUT2D eigenvalue weighted by molar-refractivity contribution is 7.09. The number of ether oxygens (including phenoxy) is 1. The number of thiazole rings is 1. The second kappa shape index (κ2) is 5.04. The van der Waals surface area contributed by atoms with Gasteiger partial charge in [0.05, 0.1) is 17.3 Å². The number of hydrogen-bond donors (Lipinski definition) is 1. The van der Waals surface area contributed by atoms with Crippen molar-refractivity contribution in [3.63, 3.8) is 0 Å². The van der Waals surface area contributed by atoms with Crippen molar-refractivity contribution in [1.82, 2.24) is 10.3 Å². The molecule has 1 aliphatic rings. The third-order valence-corrected chi connectivity index (χ3v) is 4.62. The van der Waals surface area contributed by atoms with Crippen LogP contribution in [0.5, 0.6) is 0 Å². The van der Waals surface area contributed by atoms with Crippen LogP contribution in [0.4, 0.5) is 0 Å². The van der Waals surface area contributed by atoms with E-state index in [1.807, 2.05) is 7.05 Å². The number of hydrogen-bond acceptors (Lipinski definition) is 4. The summed E-state index contributed by atoms with van der Waals surface area (Å²) in [4.78, 5) is 4.77. The standard InChI is InChI=1S/C13H22N2OS/c1-5-16-10-6-13(7-10,14-4)12-15-11(8-17-12)9(2)3/h8-10,14H,5-7H2,1-4H3. The van der Waals surface area contributed by atoms with Gasteiger partial charge in [0.2, 0.25) is 0 Å². The first kappa shape index (κ1) is 13.0. The van der Waals surface area contributed by atoms with Gasteiger partial charge in [-0.1, -0.05) is 13.8 Å². The summed E-state index contributed by atoms with van der Waals surface area (Å²) in [5, 5.41) is 6.85. The molecule has 2 rings (SSSR count). The molecule has 0 unspecified atom stereocenters. The Balaban J connectivity index is 2.09. The smallest absolute Gasteiger partial charge is 0.113 e. The zero-order chi connectivity index (χ0) is 12.5. The van der Waals surface area contributed by atoms with Crippen molar-refractivity contribution < 1.29 is 4.74 Å². The van der Waals surface area contributed by atoms with Crippen LogP contribution >= 0.6 is 11.3 Å². The molecule has 4 heteroatoms. The average Bonchev–Trinajstić information content (AvgIpc) is 2.72. The molecule has 3 nitrogen and oxygen atoms in total. The Morgan fingerprint density at radius 3 is 2.76 bits per heavy atom. The van der Waals surface area contributed by atoms with Crippen LogP contribution in [-0.2, 0) is 10.3 Å². The van der Waals surface area contributed by atoms with Gasteiger partial charge in [-0.2, -0.15) is 0 Å². The van der Waals surface area contributed by atoms with Crippen molar-refractivity contribution in [3.05, 3.63) is 16.1 Å². The normalized spacial score (nSPS) is 28.4. The van der Waals surface area contributed by atoms with Gasteiger partial charge in [-0.3, -0.25) is 0 Å². The summed E-state index contributed by atoms with van der Waals surface area (Å²) in [5.74, 6) is 0.511. The van der Waals surface area contributed by atoms with Gasteiger partial charge < -0.3 is 10.1 Å². The third-order valence-electron chi connectivity index (χ3n) is 3.56. The first-order valence-electron chi connectivity index (χ1n) is 6.37. The van der Waals surface area contributed by atoms with E-state index in [1.54, 1.807) is 11.3 Å². The highest BCUT2D eigenvalue weighted by Gasteiger charge is 2.47. The molecule has 0 spiro atoms. The zero-order valence-electron chi connectivity index (χ0n) is 11.1. The van der Waals surface area contributed by atoms with E-state index in [4.69, 9.17) is 9.72 Å². The average molecular weight is 254 g/mol. The van der Waals surface area contributed by atoms with Crippen molar-refractivity contribution in [2.45, 2.75) is 51.2 Å². The molecule has 0 aliphatic heterocycles. The molecule has 1 aromatic heterocycles. The Labute approximate surface area is 108 Å². The van der Waals surface area contributed by atoms with Gasteiger partial charge in [0.1, 0.15) is 5.01 Å². The first-order chi connectivity index (χ1) is 8.11. The Bertz CT molecular complexity index is 369. The molecule has 1 saturated carbocycles. The van der Waals surface area contributed by atoms with Gasteiger partial charge in [0, 0.05) is 12.0 Å². The van der Waals surface area contributed by atoms with Crippen molar-refractivity contribution in [2.24, 2.45) is 0 Å². The minimum Gasteiger partial charge on any atom is -0.378 e. The molecule has 96 valence electrons. The lowest BCUT2D eigenvalue weighted by Gasteiger charge is -2.45. The fourth-order valence-electron chi connectivity index (χ4n) is 2.33. The number of aromatic nitrogens is 1. The summed E-state index contributed by atoms with van der Waals surface area (Å²) in [5.41, 5.74) is 1.27. The molecule has 1 aromatic rings. The van der Waals surface area contributed by atoms with Crippen molar-refractivity contribution in [3.8, 4) is 0 Å². The van der Waals surface area contributed by atoms with Gasteiger partial charge in [-0.15, -0.1) is 11.3 Å². The van der Waals surface area contributed by atoms with Crippen LogP contribution in [-0.4, -0.2) is 24.7 Å². The predicted molar refractivity (Wildman–Crippen MR) is 71.6 cm³/mol. The quantitative estimate of drug-likeness (QED) is 0.877. The first-order valence-corrected chi connectivity index (χ1v) is 7.25. The van der Waals surface area contributed by atoms with Crippen LogP contribution in [0.1, 0.15) is 50.2 Å². The minimum absolute atomic E-state index is 0.0671. The van der Waals surface area contributed by atoms with Crippen LogP contribution in [0.15, 0.2) is 5.38 Å². The molecule has 0 saturated heterocycles. The van der Waals surface area contributed by atoms with E-state index in [0.717, 1.165) is 19.4 Å². The fraction of sp³-hybridized carbons (Fsp3) is 0.769. The van der Waals surface area contributed by atoms with Crippen molar-refractivity contribution in [2.75, 3.05) is 13.7 Å². The lowest BCUT2D eigenvalue weighted by atomic mass is 9.74. The molecule has 1 heterocycles. The molecule has 0 atom stereocenters. The molecular weight excluding hydrogens is 232 g/mol. The van der Waals surface area contributed by atoms with Crippen LogP contribution in [0.25, 0.3) is 0 Å². The molecule has 17 heavy (non-hydrogen) atoms. The number of rotatable bonds is 5. The molecule has 0 bridgehead atoms. The predicted octanol–water partition coefficient (Wildman–Crippen LogP) is 2.88. The second-order valence-corrected chi connectivity index (χ2v) is 5.91. The Morgan fingerprint density at radius 1 is 1.59 bits per heavy atom. The third kappa shape index (κ3) is 2.39. The monoisotopic (exact) mass is 254 g/mol. The van der Waals surface area contributed by atoms with Crippen LogP contribution < -0.4 is 5.32 Å². The SMILES string of the molecule is CCOC1CC(NC)(c2nc(C(C)C)cs2)C1. The lowest BCUT2D eigenvalue weighted by molar-refractivity contribution is -0.0510. The van der Waals surface area contributed by atoms with Crippen molar-refractivity contribution in [1.29, 1.82) is 0 Å². The van der Waals surface area contributed by atoms with Crippen LogP contribution in [0.3, 0.4) is 0 Å². The van der Waals surface area contributed by atoms with Gasteiger partial charge in [0.25, 0.3) is 0 Å². The Morgan fingerprint density at radius 2 is 2.29 bits per heavy atom. The summed E-state index contributed by atoms with van der Waals surface area (Å²) in [6, 6.07) is 0. The molecule has 1 N–H and O–H groups in total.